The molecule has 5 aromatic carbocycles. The lowest BCUT2D eigenvalue weighted by Gasteiger charge is -2.11. The molecule has 0 bridgehead atoms. The average Bonchev–Trinajstić information content (AvgIpc) is 3.61. The highest BCUT2D eigenvalue weighted by molar-refractivity contribution is 9.10. The van der Waals surface area contributed by atoms with Crippen LogP contribution < -0.4 is 0 Å². The van der Waals surface area contributed by atoms with E-state index in [0.717, 1.165) is 44.2 Å². The van der Waals surface area contributed by atoms with Gasteiger partial charge in [0.25, 0.3) is 0 Å². The summed E-state index contributed by atoms with van der Waals surface area (Å²) in [5.41, 5.74) is 6.89. The van der Waals surface area contributed by atoms with Crippen LogP contribution in [0.3, 0.4) is 0 Å². The monoisotopic (exact) mass is 628 g/mol. The van der Waals surface area contributed by atoms with Crippen molar-refractivity contribution in [1.82, 2.24) is 0 Å². The van der Waals surface area contributed by atoms with Crippen molar-refractivity contribution in [2.45, 2.75) is 25.0 Å². The van der Waals surface area contributed by atoms with Gasteiger partial charge >= 0.3 is 0 Å². The van der Waals surface area contributed by atoms with E-state index in [1.54, 1.807) is 0 Å². The van der Waals surface area contributed by atoms with Crippen LogP contribution in [-0.2, 0) is 12.8 Å². The van der Waals surface area contributed by atoms with Crippen LogP contribution in [0.2, 0.25) is 0 Å². The number of fused-ring (bicyclic) bond motifs is 2. The molecule has 2 aromatic heterocycles. The lowest BCUT2D eigenvalue weighted by Crippen LogP contribution is -2.01. The van der Waals surface area contributed by atoms with Gasteiger partial charge in [-0.3, -0.25) is 0 Å². The van der Waals surface area contributed by atoms with Gasteiger partial charge in [-0.15, -0.1) is 0 Å². The fourth-order valence-corrected chi connectivity index (χ4v) is 6.49. The van der Waals surface area contributed by atoms with Crippen LogP contribution in [0.25, 0.3) is 44.2 Å². The first-order chi connectivity index (χ1) is 21.1. The molecule has 0 spiro atoms. The predicted octanol–water partition coefficient (Wildman–Crippen LogP) is 9.83. The number of aliphatic hydroxyl groups excluding tert-OH is 2. The number of furan rings is 2. The molecule has 43 heavy (non-hydrogen) atoms. The van der Waals surface area contributed by atoms with Crippen molar-refractivity contribution in [3.05, 3.63) is 155 Å². The topological polar surface area (TPSA) is 66.7 Å². The highest BCUT2D eigenvalue weighted by atomic mass is 79.9. The largest absolute Gasteiger partial charge is 0.459 e. The molecule has 7 aromatic rings. The second-order valence-corrected chi connectivity index (χ2v) is 11.5. The maximum atomic E-state index is 11.2. The molecule has 4 nitrogen and oxygen atoms in total. The Labute approximate surface area is 258 Å². The molecule has 0 aliphatic rings. The third kappa shape index (κ3) is 5.21. The van der Waals surface area contributed by atoms with E-state index < -0.39 is 12.2 Å². The molecule has 0 radical (unpaired) electrons. The van der Waals surface area contributed by atoms with Gasteiger partial charge in [0.2, 0.25) is 0 Å². The van der Waals surface area contributed by atoms with E-state index in [1.807, 2.05) is 97.1 Å². The zero-order valence-electron chi connectivity index (χ0n) is 23.3. The first kappa shape index (κ1) is 27.4. The summed E-state index contributed by atoms with van der Waals surface area (Å²) in [6, 6.07) is 41.7. The summed E-state index contributed by atoms with van der Waals surface area (Å²) >= 11 is 3.83. The first-order valence-corrected chi connectivity index (χ1v) is 15.1. The standard InChI is InChI=1S/C38H29BrO4/c39-36-37-28(34(26-17-9-3-10-18-26)32(42-37)22-30(40)24-13-5-1-6-14-24)21-29-35(27-19-11-4-12-20-27)33(43-38(29)36)23-31(41)25-15-7-2-8-16-25/h1-21,30-31,40-41H,22-23H2. The second-order valence-electron chi connectivity index (χ2n) is 10.7. The van der Waals surface area contributed by atoms with Crippen molar-refractivity contribution < 1.29 is 19.0 Å². The van der Waals surface area contributed by atoms with E-state index in [4.69, 9.17) is 8.83 Å². The van der Waals surface area contributed by atoms with Crippen molar-refractivity contribution >= 4 is 37.9 Å². The van der Waals surface area contributed by atoms with Crippen LogP contribution in [0.4, 0.5) is 0 Å². The van der Waals surface area contributed by atoms with Gasteiger partial charge in [0, 0.05) is 34.7 Å². The van der Waals surface area contributed by atoms with Crippen LogP contribution in [0.1, 0.15) is 34.9 Å². The Morgan fingerprint density at radius 2 is 0.860 bits per heavy atom. The Balaban J connectivity index is 1.44. The molecule has 0 saturated heterocycles. The van der Waals surface area contributed by atoms with E-state index in [2.05, 4.69) is 46.3 Å². The van der Waals surface area contributed by atoms with Gasteiger partial charge in [-0.2, -0.15) is 0 Å². The molecule has 212 valence electrons. The average molecular weight is 630 g/mol. The summed E-state index contributed by atoms with van der Waals surface area (Å²) < 4.78 is 13.9. The Bertz CT molecular complexity index is 1850. The number of benzene rings is 5. The lowest BCUT2D eigenvalue weighted by atomic mass is 9.94. The normalized spacial score (nSPS) is 13.0. The molecule has 0 saturated carbocycles. The predicted molar refractivity (Wildman–Crippen MR) is 175 cm³/mol. The molecule has 7 rings (SSSR count). The van der Waals surface area contributed by atoms with E-state index in [0.29, 0.717) is 40.0 Å². The van der Waals surface area contributed by atoms with Crippen molar-refractivity contribution in [3.8, 4) is 22.3 Å². The van der Waals surface area contributed by atoms with Gasteiger partial charge in [0.1, 0.15) is 16.0 Å². The van der Waals surface area contributed by atoms with Crippen LogP contribution >= 0.6 is 15.9 Å². The summed E-state index contributed by atoms with van der Waals surface area (Å²) in [5.74, 6) is 1.40. The summed E-state index contributed by atoms with van der Waals surface area (Å²) in [7, 11) is 0. The Hall–Kier alpha value is -4.42. The number of rotatable bonds is 8. The quantitative estimate of drug-likeness (QED) is 0.176. The highest BCUT2D eigenvalue weighted by Crippen LogP contribution is 2.47. The molecule has 0 fully saturated rings. The zero-order chi connectivity index (χ0) is 29.3. The minimum Gasteiger partial charge on any atom is -0.459 e. The number of halogens is 1. The molecular weight excluding hydrogens is 600 g/mol. The number of aliphatic hydroxyl groups is 2. The third-order valence-electron chi connectivity index (χ3n) is 7.97. The van der Waals surface area contributed by atoms with Crippen molar-refractivity contribution in [2.75, 3.05) is 0 Å². The van der Waals surface area contributed by atoms with Gasteiger partial charge in [-0.05, 0) is 44.3 Å². The maximum absolute atomic E-state index is 11.2. The van der Waals surface area contributed by atoms with E-state index in [9.17, 15) is 10.2 Å². The van der Waals surface area contributed by atoms with E-state index >= 15 is 0 Å². The van der Waals surface area contributed by atoms with E-state index in [-0.39, 0.29) is 0 Å². The molecule has 2 atom stereocenters. The molecule has 0 amide bonds. The van der Waals surface area contributed by atoms with Crippen molar-refractivity contribution in [1.29, 1.82) is 0 Å². The SMILES string of the molecule is OC(Cc1oc2c(Br)c3oc(CC(O)c4ccccc4)c(-c4ccccc4)c3cc2c1-c1ccccc1)c1ccccc1. The molecule has 0 aliphatic heterocycles. The van der Waals surface area contributed by atoms with Crippen molar-refractivity contribution in [2.24, 2.45) is 0 Å². The molecule has 2 unspecified atom stereocenters. The summed E-state index contributed by atoms with van der Waals surface area (Å²) in [4.78, 5) is 0. The van der Waals surface area contributed by atoms with Gasteiger partial charge in [-0.25, -0.2) is 0 Å². The molecule has 0 aliphatic carbocycles. The molecule has 2 heterocycles. The zero-order valence-corrected chi connectivity index (χ0v) is 24.9. The summed E-state index contributed by atoms with van der Waals surface area (Å²) in [6.07, 6.45) is -0.818. The van der Waals surface area contributed by atoms with Gasteiger partial charge in [0.15, 0.2) is 11.2 Å². The fraction of sp³-hybridized carbons (Fsp3) is 0.105. The second kappa shape index (κ2) is 11.7. The number of hydrogen-bond donors (Lipinski definition) is 2. The van der Waals surface area contributed by atoms with Gasteiger partial charge in [0.05, 0.1) is 12.2 Å². The minimum absolute atomic E-state index is 0.316. The minimum atomic E-state index is -0.725. The van der Waals surface area contributed by atoms with Gasteiger partial charge < -0.3 is 19.0 Å². The van der Waals surface area contributed by atoms with Crippen LogP contribution in [0.5, 0.6) is 0 Å². The summed E-state index contributed by atoms with van der Waals surface area (Å²) in [6.45, 7) is 0. The molecule has 2 N–H and O–H groups in total. The molecule has 5 heteroatoms. The Morgan fingerprint density at radius 1 is 0.512 bits per heavy atom. The third-order valence-corrected chi connectivity index (χ3v) is 8.69. The van der Waals surface area contributed by atoms with Crippen LogP contribution in [0, 0.1) is 0 Å². The van der Waals surface area contributed by atoms with Crippen molar-refractivity contribution in [3.63, 3.8) is 0 Å². The molecular formula is C38H29BrO4. The smallest absolute Gasteiger partial charge is 0.152 e. The van der Waals surface area contributed by atoms with Gasteiger partial charge in [-0.1, -0.05) is 121 Å². The maximum Gasteiger partial charge on any atom is 0.152 e. The fourth-order valence-electron chi connectivity index (χ4n) is 5.90. The van der Waals surface area contributed by atoms with Crippen LogP contribution in [-0.4, -0.2) is 10.2 Å². The Kier molecular flexibility index (Phi) is 7.45. The first-order valence-electron chi connectivity index (χ1n) is 14.3. The van der Waals surface area contributed by atoms with E-state index in [1.165, 1.54) is 0 Å². The number of hydrogen-bond acceptors (Lipinski definition) is 4. The highest BCUT2D eigenvalue weighted by Gasteiger charge is 2.27. The lowest BCUT2D eigenvalue weighted by molar-refractivity contribution is 0.171. The van der Waals surface area contributed by atoms with Crippen LogP contribution in [0.15, 0.2) is 141 Å². The summed E-state index contributed by atoms with van der Waals surface area (Å²) in [5, 5.41) is 24.2. The Morgan fingerprint density at radius 3 is 1.23 bits per heavy atom.